The zero-order valence-electron chi connectivity index (χ0n) is 6.68. The summed E-state index contributed by atoms with van der Waals surface area (Å²) in [4.78, 5) is 10.6. The van der Waals surface area contributed by atoms with Crippen molar-refractivity contribution >= 4 is 6.29 Å². The molecule has 2 nitrogen and oxygen atoms in total. The van der Waals surface area contributed by atoms with Crippen LogP contribution in [0.1, 0.15) is 33.1 Å². The number of hydrogen-bond acceptors (Lipinski definition) is 2. The molecule has 0 aromatic rings. The van der Waals surface area contributed by atoms with Gasteiger partial charge in [-0.3, -0.25) is 0 Å². The second-order valence-corrected chi connectivity index (χ2v) is 3.90. The fourth-order valence-corrected chi connectivity index (χ4v) is 1.61. The predicted octanol–water partition coefficient (Wildman–Crippen LogP) is 1.09. The standard InChI is InChI=1S/C8H15NO/c1-7(2)4-3-5-8(7,9)6-10/h6H,3-5,9H2,1-2H3. The van der Waals surface area contributed by atoms with E-state index < -0.39 is 5.54 Å². The van der Waals surface area contributed by atoms with E-state index in [1.54, 1.807) is 0 Å². The van der Waals surface area contributed by atoms with Gasteiger partial charge in [-0.1, -0.05) is 20.3 Å². The molecule has 1 saturated carbocycles. The summed E-state index contributed by atoms with van der Waals surface area (Å²) in [6.07, 6.45) is 3.92. The average Bonchev–Trinajstić information content (AvgIpc) is 2.10. The molecule has 0 spiro atoms. The fraction of sp³-hybridized carbons (Fsp3) is 0.875. The zero-order chi connectivity index (χ0) is 7.83. The second-order valence-electron chi connectivity index (χ2n) is 3.90. The van der Waals surface area contributed by atoms with Crippen molar-refractivity contribution in [2.45, 2.75) is 38.6 Å². The average molecular weight is 141 g/mol. The summed E-state index contributed by atoms with van der Waals surface area (Å²) < 4.78 is 0. The van der Waals surface area contributed by atoms with Gasteiger partial charge in [0, 0.05) is 0 Å². The van der Waals surface area contributed by atoms with E-state index in [1.807, 2.05) is 0 Å². The number of hydrogen-bond donors (Lipinski definition) is 1. The predicted molar refractivity (Wildman–Crippen MR) is 40.6 cm³/mol. The Morgan fingerprint density at radius 1 is 1.40 bits per heavy atom. The van der Waals surface area contributed by atoms with E-state index >= 15 is 0 Å². The van der Waals surface area contributed by atoms with Crippen LogP contribution in [0.5, 0.6) is 0 Å². The first-order valence-corrected chi connectivity index (χ1v) is 3.77. The van der Waals surface area contributed by atoms with Crippen molar-refractivity contribution in [2.75, 3.05) is 0 Å². The summed E-state index contributed by atoms with van der Waals surface area (Å²) in [6, 6.07) is 0. The van der Waals surface area contributed by atoms with Gasteiger partial charge in [-0.2, -0.15) is 0 Å². The smallest absolute Gasteiger partial charge is 0.140 e. The molecule has 1 rings (SSSR count). The maximum Gasteiger partial charge on any atom is 0.140 e. The van der Waals surface area contributed by atoms with Gasteiger partial charge in [0.1, 0.15) is 6.29 Å². The Balaban J connectivity index is 2.85. The molecule has 0 bridgehead atoms. The SMILES string of the molecule is CC1(C)CCCC1(N)C=O. The van der Waals surface area contributed by atoms with Crippen LogP contribution in [0.2, 0.25) is 0 Å². The Kier molecular flexibility index (Phi) is 1.59. The molecule has 1 atom stereocenters. The molecule has 2 N–H and O–H groups in total. The van der Waals surface area contributed by atoms with E-state index in [0.29, 0.717) is 0 Å². The molecule has 1 aliphatic carbocycles. The van der Waals surface area contributed by atoms with Gasteiger partial charge in [0.05, 0.1) is 5.54 Å². The van der Waals surface area contributed by atoms with Gasteiger partial charge in [-0.05, 0) is 18.3 Å². The van der Waals surface area contributed by atoms with E-state index in [9.17, 15) is 4.79 Å². The molecule has 0 aliphatic heterocycles. The van der Waals surface area contributed by atoms with Crippen LogP contribution in [0.4, 0.5) is 0 Å². The van der Waals surface area contributed by atoms with Crippen molar-refractivity contribution < 1.29 is 4.79 Å². The monoisotopic (exact) mass is 141 g/mol. The van der Waals surface area contributed by atoms with Crippen LogP contribution in [-0.2, 0) is 4.79 Å². The maximum atomic E-state index is 10.6. The normalized spacial score (nSPS) is 37.9. The summed E-state index contributed by atoms with van der Waals surface area (Å²) in [5.41, 5.74) is 5.33. The van der Waals surface area contributed by atoms with Crippen molar-refractivity contribution in [3.63, 3.8) is 0 Å². The third kappa shape index (κ3) is 0.870. The maximum absolute atomic E-state index is 10.6. The molecule has 0 heterocycles. The number of carbonyl (C=O) groups is 1. The third-order valence-electron chi connectivity index (χ3n) is 2.86. The number of nitrogens with two attached hydrogens (primary N) is 1. The quantitative estimate of drug-likeness (QED) is 0.555. The van der Waals surface area contributed by atoms with Gasteiger partial charge in [0.25, 0.3) is 0 Å². The van der Waals surface area contributed by atoms with E-state index in [1.165, 1.54) is 0 Å². The van der Waals surface area contributed by atoms with Crippen molar-refractivity contribution in [1.29, 1.82) is 0 Å². The molecule has 0 saturated heterocycles. The van der Waals surface area contributed by atoms with Crippen LogP contribution >= 0.6 is 0 Å². The Labute approximate surface area is 61.8 Å². The van der Waals surface area contributed by atoms with Crippen molar-refractivity contribution in [3.05, 3.63) is 0 Å². The second kappa shape index (κ2) is 2.06. The Hall–Kier alpha value is -0.370. The van der Waals surface area contributed by atoms with Crippen LogP contribution in [0.15, 0.2) is 0 Å². The summed E-state index contributed by atoms with van der Waals surface area (Å²) in [5, 5.41) is 0. The lowest BCUT2D eigenvalue weighted by molar-refractivity contribution is -0.114. The number of carbonyl (C=O) groups excluding carboxylic acids is 1. The highest BCUT2D eigenvalue weighted by Crippen LogP contribution is 2.42. The zero-order valence-corrected chi connectivity index (χ0v) is 6.68. The highest BCUT2D eigenvalue weighted by molar-refractivity contribution is 5.66. The first-order valence-electron chi connectivity index (χ1n) is 3.77. The van der Waals surface area contributed by atoms with Crippen molar-refractivity contribution in [3.8, 4) is 0 Å². The molecule has 0 aromatic heterocycles. The first-order chi connectivity index (χ1) is 4.52. The molecular weight excluding hydrogens is 126 g/mol. The van der Waals surface area contributed by atoms with E-state index in [-0.39, 0.29) is 5.41 Å². The van der Waals surface area contributed by atoms with Gasteiger partial charge in [0.2, 0.25) is 0 Å². The number of rotatable bonds is 1. The lowest BCUT2D eigenvalue weighted by Gasteiger charge is -2.32. The topological polar surface area (TPSA) is 43.1 Å². The largest absolute Gasteiger partial charge is 0.319 e. The minimum Gasteiger partial charge on any atom is -0.319 e. The first kappa shape index (κ1) is 7.73. The molecule has 10 heavy (non-hydrogen) atoms. The van der Waals surface area contributed by atoms with E-state index in [4.69, 9.17) is 5.73 Å². The van der Waals surface area contributed by atoms with Crippen LogP contribution in [0.3, 0.4) is 0 Å². The molecule has 1 fully saturated rings. The fourth-order valence-electron chi connectivity index (χ4n) is 1.61. The Bertz CT molecular complexity index is 153. The molecule has 0 amide bonds. The molecule has 58 valence electrons. The van der Waals surface area contributed by atoms with Crippen LogP contribution in [0.25, 0.3) is 0 Å². The van der Waals surface area contributed by atoms with Crippen LogP contribution < -0.4 is 5.73 Å². The highest BCUT2D eigenvalue weighted by atomic mass is 16.1. The van der Waals surface area contributed by atoms with E-state index in [2.05, 4.69) is 13.8 Å². The summed E-state index contributed by atoms with van der Waals surface area (Å²) in [6.45, 7) is 4.13. The van der Waals surface area contributed by atoms with Gasteiger partial charge in [0.15, 0.2) is 0 Å². The lowest BCUT2D eigenvalue weighted by Crippen LogP contribution is -2.50. The molecular formula is C8H15NO. The van der Waals surface area contributed by atoms with Crippen LogP contribution in [-0.4, -0.2) is 11.8 Å². The summed E-state index contributed by atoms with van der Waals surface area (Å²) in [5.74, 6) is 0. The Morgan fingerprint density at radius 2 is 2.00 bits per heavy atom. The third-order valence-corrected chi connectivity index (χ3v) is 2.86. The van der Waals surface area contributed by atoms with Crippen molar-refractivity contribution in [2.24, 2.45) is 11.1 Å². The Morgan fingerprint density at radius 3 is 2.20 bits per heavy atom. The van der Waals surface area contributed by atoms with Crippen LogP contribution in [0, 0.1) is 5.41 Å². The molecule has 0 aromatic carbocycles. The van der Waals surface area contributed by atoms with E-state index in [0.717, 1.165) is 25.5 Å². The molecule has 2 heteroatoms. The highest BCUT2D eigenvalue weighted by Gasteiger charge is 2.45. The minimum atomic E-state index is -0.549. The number of aldehydes is 1. The minimum absolute atomic E-state index is 0.00868. The molecule has 1 unspecified atom stereocenters. The molecule has 0 radical (unpaired) electrons. The van der Waals surface area contributed by atoms with Gasteiger partial charge < -0.3 is 10.5 Å². The lowest BCUT2D eigenvalue weighted by atomic mass is 9.77. The van der Waals surface area contributed by atoms with Gasteiger partial charge >= 0.3 is 0 Å². The van der Waals surface area contributed by atoms with Crippen molar-refractivity contribution in [1.82, 2.24) is 0 Å². The molecule has 1 aliphatic rings. The van der Waals surface area contributed by atoms with Gasteiger partial charge in [-0.25, -0.2) is 0 Å². The summed E-state index contributed by atoms with van der Waals surface area (Å²) in [7, 11) is 0. The van der Waals surface area contributed by atoms with Gasteiger partial charge in [-0.15, -0.1) is 0 Å². The summed E-state index contributed by atoms with van der Waals surface area (Å²) >= 11 is 0.